The van der Waals surface area contributed by atoms with Gasteiger partial charge in [0.1, 0.15) is 5.75 Å². The van der Waals surface area contributed by atoms with Crippen LogP contribution in [0.15, 0.2) is 48.7 Å². The summed E-state index contributed by atoms with van der Waals surface area (Å²) < 4.78 is 37.7. The average molecular weight is 570 g/mol. The average Bonchev–Trinajstić information content (AvgIpc) is 2.98. The van der Waals surface area contributed by atoms with E-state index >= 15 is 0 Å². The van der Waals surface area contributed by atoms with Crippen LogP contribution >= 0.6 is 11.6 Å². The number of halogens is 1. The highest BCUT2D eigenvalue weighted by Crippen LogP contribution is 2.40. The zero-order valence-corrected chi connectivity index (χ0v) is 24.2. The molecule has 0 amide bonds. The van der Waals surface area contributed by atoms with E-state index in [2.05, 4.69) is 5.32 Å². The quantitative estimate of drug-likeness (QED) is 0.143. The van der Waals surface area contributed by atoms with Crippen LogP contribution < -0.4 is 38.5 Å². The van der Waals surface area contributed by atoms with Gasteiger partial charge in [0.05, 0.1) is 54.8 Å². The van der Waals surface area contributed by atoms with E-state index < -0.39 is 0 Å². The molecule has 0 aliphatic carbocycles. The van der Waals surface area contributed by atoms with Crippen molar-refractivity contribution in [3.63, 3.8) is 0 Å². The number of carbonyl (C=O) groups excluding carboxylic acids is 1. The van der Waals surface area contributed by atoms with Crippen molar-refractivity contribution < 1.29 is 38.0 Å². The first kappa shape index (κ1) is 30.0. The fourth-order valence-corrected chi connectivity index (χ4v) is 4.15. The van der Waals surface area contributed by atoms with Crippen molar-refractivity contribution in [2.75, 3.05) is 55.1 Å². The molecule has 0 spiro atoms. The smallest absolute Gasteiger partial charge is 0.203 e. The van der Waals surface area contributed by atoms with E-state index in [1.54, 1.807) is 45.6 Å². The van der Waals surface area contributed by atoms with Crippen LogP contribution in [0.25, 0.3) is 12.2 Å². The Balaban J connectivity index is 1.92. The van der Waals surface area contributed by atoms with Gasteiger partial charge in [-0.2, -0.15) is 0 Å². The highest BCUT2D eigenvalue weighted by atomic mass is 35.5. The summed E-state index contributed by atoms with van der Waals surface area (Å²) in [6.45, 7) is 0. The monoisotopic (exact) mass is 569 g/mol. The van der Waals surface area contributed by atoms with Crippen LogP contribution in [0.5, 0.6) is 40.2 Å². The number of allylic oxidation sites excluding steroid dienone is 1. The molecular formula is C30H32ClNO8. The summed E-state index contributed by atoms with van der Waals surface area (Å²) >= 11 is 6.42. The SMILES string of the molecule is COc1cc(N/C=C\C(=O)c2cc(OC)c(OC)c(OC)c2)c(/C=C\c2cc(OC)c(OC)c(OC)c2)cc1Cl. The zero-order chi connectivity index (χ0) is 29.2. The lowest BCUT2D eigenvalue weighted by Gasteiger charge is -2.13. The van der Waals surface area contributed by atoms with E-state index in [1.165, 1.54) is 40.7 Å². The van der Waals surface area contributed by atoms with Gasteiger partial charge >= 0.3 is 0 Å². The second kappa shape index (κ2) is 14.0. The predicted octanol–water partition coefficient (Wildman–Crippen LogP) is 6.38. The molecule has 0 aliphatic rings. The molecule has 0 unspecified atom stereocenters. The van der Waals surface area contributed by atoms with Gasteiger partial charge in [0, 0.05) is 29.6 Å². The Kier molecular flexibility index (Phi) is 10.6. The van der Waals surface area contributed by atoms with Crippen LogP contribution in [-0.2, 0) is 0 Å². The summed E-state index contributed by atoms with van der Waals surface area (Å²) in [4.78, 5) is 12.9. The fraction of sp³-hybridized carbons (Fsp3) is 0.233. The van der Waals surface area contributed by atoms with Crippen molar-refractivity contribution in [3.05, 3.63) is 70.4 Å². The highest BCUT2D eigenvalue weighted by molar-refractivity contribution is 6.32. The number of benzene rings is 3. The molecule has 10 heteroatoms. The van der Waals surface area contributed by atoms with Gasteiger partial charge in [-0.1, -0.05) is 23.8 Å². The van der Waals surface area contributed by atoms with Gasteiger partial charge in [0.25, 0.3) is 0 Å². The standard InChI is InChI=1S/C30H32ClNO8/c1-34-24-17-22(32-11-10-23(33)20-15-27(37-4)30(40-7)28(16-20)38-5)19(14-21(24)31)9-8-18-12-25(35-2)29(39-6)26(13-18)36-3/h8-17,32H,1-7H3/b9-8-,11-10-. The number of rotatable bonds is 13. The Morgan fingerprint density at radius 1 is 0.650 bits per heavy atom. The number of methoxy groups -OCH3 is 7. The maximum Gasteiger partial charge on any atom is 0.203 e. The van der Waals surface area contributed by atoms with Crippen LogP contribution in [-0.4, -0.2) is 55.6 Å². The van der Waals surface area contributed by atoms with Crippen molar-refractivity contribution in [2.24, 2.45) is 0 Å². The molecule has 0 aromatic heterocycles. The fourth-order valence-electron chi connectivity index (χ4n) is 3.90. The van der Waals surface area contributed by atoms with E-state index in [4.69, 9.17) is 44.8 Å². The Labute approximate surface area is 238 Å². The summed E-state index contributed by atoms with van der Waals surface area (Å²) in [6.07, 6.45) is 6.67. The molecule has 0 bridgehead atoms. The first-order valence-corrected chi connectivity index (χ1v) is 12.3. The lowest BCUT2D eigenvalue weighted by atomic mass is 10.1. The summed E-state index contributed by atoms with van der Waals surface area (Å²) in [5, 5.41) is 3.57. The maximum absolute atomic E-state index is 12.9. The molecule has 212 valence electrons. The third-order valence-electron chi connectivity index (χ3n) is 5.89. The number of carbonyl (C=O) groups is 1. The van der Waals surface area contributed by atoms with E-state index in [1.807, 2.05) is 24.3 Å². The van der Waals surface area contributed by atoms with E-state index in [0.29, 0.717) is 56.5 Å². The minimum Gasteiger partial charge on any atom is -0.495 e. The summed E-state index contributed by atoms with van der Waals surface area (Å²) in [7, 11) is 10.7. The molecule has 0 aliphatic heterocycles. The Hall–Kier alpha value is -4.50. The molecule has 3 aromatic carbocycles. The number of ether oxygens (including phenoxy) is 7. The number of nitrogens with one attached hydrogen (secondary N) is 1. The van der Waals surface area contributed by atoms with E-state index in [9.17, 15) is 4.79 Å². The number of hydrogen-bond acceptors (Lipinski definition) is 9. The van der Waals surface area contributed by atoms with Crippen LogP contribution in [0.1, 0.15) is 21.5 Å². The third-order valence-corrected chi connectivity index (χ3v) is 6.18. The van der Waals surface area contributed by atoms with Gasteiger partial charge in [-0.15, -0.1) is 0 Å². The Morgan fingerprint density at radius 3 is 1.62 bits per heavy atom. The number of hydrogen-bond donors (Lipinski definition) is 1. The molecule has 0 atom stereocenters. The molecule has 0 fully saturated rings. The molecule has 40 heavy (non-hydrogen) atoms. The largest absolute Gasteiger partial charge is 0.495 e. The first-order valence-electron chi connectivity index (χ1n) is 12.0. The second-order valence-corrected chi connectivity index (χ2v) is 8.53. The Bertz CT molecular complexity index is 1370. The lowest BCUT2D eigenvalue weighted by Crippen LogP contribution is -2.01. The predicted molar refractivity (Wildman–Crippen MR) is 156 cm³/mol. The van der Waals surface area contributed by atoms with E-state index in [0.717, 1.165) is 11.1 Å². The molecule has 9 nitrogen and oxygen atoms in total. The minimum absolute atomic E-state index is 0.276. The lowest BCUT2D eigenvalue weighted by molar-refractivity contribution is 0.104. The van der Waals surface area contributed by atoms with Crippen LogP contribution in [0.2, 0.25) is 5.02 Å². The van der Waals surface area contributed by atoms with Gasteiger partial charge in [-0.3, -0.25) is 4.79 Å². The Morgan fingerprint density at radius 2 is 1.15 bits per heavy atom. The van der Waals surface area contributed by atoms with Crippen molar-refractivity contribution >= 4 is 35.2 Å². The maximum atomic E-state index is 12.9. The van der Waals surface area contributed by atoms with Crippen molar-refractivity contribution in [1.29, 1.82) is 0 Å². The van der Waals surface area contributed by atoms with Crippen molar-refractivity contribution in [2.45, 2.75) is 0 Å². The molecule has 0 heterocycles. The van der Waals surface area contributed by atoms with Gasteiger partial charge in [-0.25, -0.2) is 0 Å². The van der Waals surface area contributed by atoms with Gasteiger partial charge in [-0.05, 0) is 41.5 Å². The van der Waals surface area contributed by atoms with Crippen LogP contribution in [0.3, 0.4) is 0 Å². The molecule has 0 saturated heterocycles. The zero-order valence-electron chi connectivity index (χ0n) is 23.4. The van der Waals surface area contributed by atoms with Gasteiger partial charge in [0.15, 0.2) is 28.8 Å². The molecular weight excluding hydrogens is 538 g/mol. The van der Waals surface area contributed by atoms with Crippen LogP contribution in [0.4, 0.5) is 5.69 Å². The summed E-state index contributed by atoms with van der Waals surface area (Å²) in [6, 6.07) is 10.3. The van der Waals surface area contributed by atoms with Gasteiger partial charge < -0.3 is 38.5 Å². The number of ketones is 1. The molecule has 3 rings (SSSR count). The first-order chi connectivity index (χ1) is 19.3. The molecule has 3 aromatic rings. The van der Waals surface area contributed by atoms with E-state index in [-0.39, 0.29) is 5.78 Å². The third kappa shape index (κ3) is 6.73. The normalized spacial score (nSPS) is 10.9. The summed E-state index contributed by atoms with van der Waals surface area (Å²) in [5.74, 6) is 2.92. The van der Waals surface area contributed by atoms with Crippen molar-refractivity contribution in [3.8, 4) is 40.2 Å². The van der Waals surface area contributed by atoms with Crippen molar-refractivity contribution in [1.82, 2.24) is 0 Å². The summed E-state index contributed by atoms with van der Waals surface area (Å²) in [5.41, 5.74) is 2.56. The van der Waals surface area contributed by atoms with Crippen LogP contribution in [0, 0.1) is 0 Å². The topological polar surface area (TPSA) is 93.7 Å². The second-order valence-electron chi connectivity index (χ2n) is 8.12. The molecule has 1 N–H and O–H groups in total. The highest BCUT2D eigenvalue weighted by Gasteiger charge is 2.16. The minimum atomic E-state index is -0.276. The molecule has 0 saturated carbocycles. The number of anilines is 1. The van der Waals surface area contributed by atoms with Gasteiger partial charge in [0.2, 0.25) is 11.5 Å². The molecule has 0 radical (unpaired) electrons.